The van der Waals surface area contributed by atoms with E-state index in [1.54, 1.807) is 0 Å². The summed E-state index contributed by atoms with van der Waals surface area (Å²) in [6, 6.07) is -1.64. The smallest absolute Gasteiger partial charge is 0.467 e. The minimum atomic E-state index is -5.12. The molecule has 0 aliphatic rings. The standard InChI is InChI=1S/C8H9BrF3NO4/c1-17-6(15)5(2-4(14)3-9)13-7(16)8(10,11)12/h5H,2-3H2,1H3,(H,13,16). The molecule has 0 fully saturated rings. The van der Waals surface area contributed by atoms with E-state index in [1.807, 2.05) is 0 Å². The fourth-order valence-electron chi connectivity index (χ4n) is 0.858. The normalized spacial score (nSPS) is 12.8. The monoisotopic (exact) mass is 319 g/mol. The number of hydrogen-bond donors (Lipinski definition) is 1. The van der Waals surface area contributed by atoms with E-state index < -0.39 is 36.3 Å². The van der Waals surface area contributed by atoms with Crippen molar-refractivity contribution in [1.82, 2.24) is 5.32 Å². The van der Waals surface area contributed by atoms with E-state index in [-0.39, 0.29) is 5.33 Å². The molecule has 0 aliphatic carbocycles. The van der Waals surface area contributed by atoms with Crippen molar-refractivity contribution in [2.45, 2.75) is 18.6 Å². The molecule has 1 amide bonds. The number of halogens is 4. The molecule has 98 valence electrons. The van der Waals surface area contributed by atoms with Crippen molar-refractivity contribution in [3.63, 3.8) is 0 Å². The number of rotatable bonds is 5. The fourth-order valence-corrected chi connectivity index (χ4v) is 1.09. The molecule has 0 heterocycles. The minimum Gasteiger partial charge on any atom is -0.467 e. The number of nitrogens with one attached hydrogen (secondary N) is 1. The van der Waals surface area contributed by atoms with Crippen molar-refractivity contribution in [3.8, 4) is 0 Å². The molecule has 0 radical (unpaired) electrons. The highest BCUT2D eigenvalue weighted by atomic mass is 79.9. The quantitative estimate of drug-likeness (QED) is 0.593. The summed E-state index contributed by atoms with van der Waals surface area (Å²) in [5.41, 5.74) is 0. The third kappa shape index (κ3) is 5.66. The van der Waals surface area contributed by atoms with Gasteiger partial charge in [-0.3, -0.25) is 9.59 Å². The Labute approximate surface area is 103 Å². The molecule has 17 heavy (non-hydrogen) atoms. The molecular formula is C8H9BrF3NO4. The first-order valence-electron chi connectivity index (χ1n) is 4.25. The van der Waals surface area contributed by atoms with E-state index in [2.05, 4.69) is 20.7 Å². The lowest BCUT2D eigenvalue weighted by atomic mass is 10.1. The second-order valence-electron chi connectivity index (χ2n) is 2.92. The van der Waals surface area contributed by atoms with Gasteiger partial charge in [0.15, 0.2) is 0 Å². The Morgan fingerprint density at radius 1 is 1.35 bits per heavy atom. The number of ketones is 1. The molecular weight excluding hydrogens is 311 g/mol. The molecule has 0 spiro atoms. The first kappa shape index (κ1) is 15.9. The largest absolute Gasteiger partial charge is 0.471 e. The summed E-state index contributed by atoms with van der Waals surface area (Å²) in [4.78, 5) is 32.6. The van der Waals surface area contributed by atoms with Crippen LogP contribution in [0.5, 0.6) is 0 Å². The van der Waals surface area contributed by atoms with Crippen molar-refractivity contribution in [3.05, 3.63) is 0 Å². The SMILES string of the molecule is COC(=O)C(CC(=O)CBr)NC(=O)C(F)(F)F. The Balaban J connectivity index is 4.66. The average Bonchev–Trinajstić information content (AvgIpc) is 2.25. The van der Waals surface area contributed by atoms with Crippen LogP contribution in [0, 0.1) is 0 Å². The molecule has 1 unspecified atom stereocenters. The second kappa shape index (κ2) is 6.58. The minimum absolute atomic E-state index is 0.137. The van der Waals surface area contributed by atoms with Gasteiger partial charge in [-0.1, -0.05) is 15.9 Å². The molecule has 0 saturated heterocycles. The highest BCUT2D eigenvalue weighted by Crippen LogP contribution is 2.15. The Hall–Kier alpha value is -1.12. The first-order valence-corrected chi connectivity index (χ1v) is 5.37. The van der Waals surface area contributed by atoms with E-state index in [0.29, 0.717) is 0 Å². The average molecular weight is 320 g/mol. The Morgan fingerprint density at radius 3 is 2.24 bits per heavy atom. The molecule has 1 atom stereocenters. The summed E-state index contributed by atoms with van der Waals surface area (Å²) in [6.45, 7) is 0. The fraction of sp³-hybridized carbons (Fsp3) is 0.625. The van der Waals surface area contributed by atoms with Crippen LogP contribution in [0.2, 0.25) is 0 Å². The van der Waals surface area contributed by atoms with Gasteiger partial charge in [-0.05, 0) is 0 Å². The summed E-state index contributed by atoms with van der Waals surface area (Å²) < 4.78 is 40.0. The number of alkyl halides is 4. The third-order valence-electron chi connectivity index (χ3n) is 1.63. The van der Waals surface area contributed by atoms with Crippen molar-refractivity contribution in [2.24, 2.45) is 0 Å². The van der Waals surface area contributed by atoms with Crippen LogP contribution >= 0.6 is 15.9 Å². The van der Waals surface area contributed by atoms with Crippen LogP contribution in [0.4, 0.5) is 13.2 Å². The maximum absolute atomic E-state index is 11.9. The number of methoxy groups -OCH3 is 1. The Kier molecular flexibility index (Phi) is 6.14. The van der Waals surface area contributed by atoms with Crippen LogP contribution < -0.4 is 5.32 Å². The lowest BCUT2D eigenvalue weighted by Gasteiger charge is -2.16. The lowest BCUT2D eigenvalue weighted by Crippen LogP contribution is -2.48. The summed E-state index contributed by atoms with van der Waals surface area (Å²) in [5, 5.41) is 1.26. The van der Waals surface area contributed by atoms with Crippen molar-refractivity contribution in [1.29, 1.82) is 0 Å². The first-order chi connectivity index (χ1) is 7.72. The molecule has 0 aromatic carbocycles. The van der Waals surface area contributed by atoms with E-state index >= 15 is 0 Å². The lowest BCUT2D eigenvalue weighted by molar-refractivity contribution is -0.175. The zero-order valence-electron chi connectivity index (χ0n) is 8.64. The van der Waals surface area contributed by atoms with Crippen LogP contribution in [0.3, 0.4) is 0 Å². The van der Waals surface area contributed by atoms with Gasteiger partial charge in [0, 0.05) is 6.42 Å². The van der Waals surface area contributed by atoms with Crippen LogP contribution in [0.15, 0.2) is 0 Å². The van der Waals surface area contributed by atoms with Gasteiger partial charge in [0.1, 0.15) is 11.8 Å². The molecule has 0 rings (SSSR count). The number of amides is 1. The highest BCUT2D eigenvalue weighted by Gasteiger charge is 2.41. The molecule has 1 N–H and O–H groups in total. The molecule has 0 aromatic rings. The molecule has 0 bridgehead atoms. The van der Waals surface area contributed by atoms with Crippen LogP contribution in [0.25, 0.3) is 0 Å². The Morgan fingerprint density at radius 2 is 1.88 bits per heavy atom. The summed E-state index contributed by atoms with van der Waals surface area (Å²) >= 11 is 2.78. The molecule has 0 aromatic heterocycles. The maximum atomic E-state index is 11.9. The van der Waals surface area contributed by atoms with E-state index in [0.717, 1.165) is 7.11 Å². The number of hydrogen-bond acceptors (Lipinski definition) is 4. The van der Waals surface area contributed by atoms with Crippen LogP contribution in [0.1, 0.15) is 6.42 Å². The zero-order valence-corrected chi connectivity index (χ0v) is 10.2. The van der Waals surface area contributed by atoms with E-state index in [1.165, 1.54) is 5.32 Å². The van der Waals surface area contributed by atoms with Crippen LogP contribution in [-0.4, -0.2) is 42.3 Å². The van der Waals surface area contributed by atoms with Gasteiger partial charge in [0.25, 0.3) is 0 Å². The molecule has 0 aliphatic heterocycles. The van der Waals surface area contributed by atoms with Gasteiger partial charge in [-0.15, -0.1) is 0 Å². The van der Waals surface area contributed by atoms with Crippen LogP contribution in [-0.2, 0) is 19.1 Å². The topological polar surface area (TPSA) is 72.5 Å². The predicted molar refractivity (Wildman–Crippen MR) is 53.4 cm³/mol. The number of carbonyl (C=O) groups is 3. The maximum Gasteiger partial charge on any atom is 0.471 e. The highest BCUT2D eigenvalue weighted by molar-refractivity contribution is 9.09. The predicted octanol–water partition coefficient (Wildman–Crippen LogP) is 0.561. The number of carbonyl (C=O) groups excluding carboxylic acids is 3. The van der Waals surface area contributed by atoms with Crippen molar-refractivity contribution in [2.75, 3.05) is 12.4 Å². The molecule has 0 saturated carbocycles. The third-order valence-corrected chi connectivity index (χ3v) is 2.25. The van der Waals surface area contributed by atoms with Gasteiger partial charge in [-0.2, -0.15) is 13.2 Å². The number of ether oxygens (including phenoxy) is 1. The van der Waals surface area contributed by atoms with Gasteiger partial charge < -0.3 is 10.1 Å². The van der Waals surface area contributed by atoms with Gasteiger partial charge in [-0.25, -0.2) is 4.79 Å². The van der Waals surface area contributed by atoms with E-state index in [9.17, 15) is 27.6 Å². The van der Waals surface area contributed by atoms with Gasteiger partial charge >= 0.3 is 18.1 Å². The van der Waals surface area contributed by atoms with Gasteiger partial charge in [0.2, 0.25) is 0 Å². The summed E-state index contributed by atoms with van der Waals surface area (Å²) in [7, 11) is 0.938. The van der Waals surface area contributed by atoms with Gasteiger partial charge in [0.05, 0.1) is 12.4 Å². The Bertz CT molecular complexity index is 318. The molecule has 9 heteroatoms. The van der Waals surface area contributed by atoms with Crippen molar-refractivity contribution >= 4 is 33.6 Å². The van der Waals surface area contributed by atoms with E-state index in [4.69, 9.17) is 0 Å². The second-order valence-corrected chi connectivity index (χ2v) is 3.48. The zero-order chi connectivity index (χ0) is 13.6. The summed E-state index contributed by atoms with van der Waals surface area (Å²) in [5.74, 6) is -3.95. The molecule has 5 nitrogen and oxygen atoms in total. The number of Topliss-reactive ketones (excluding diaryl/α,β-unsaturated/α-hetero) is 1. The van der Waals surface area contributed by atoms with Crippen molar-refractivity contribution < 1.29 is 32.3 Å². The number of esters is 1. The summed E-state index contributed by atoms with van der Waals surface area (Å²) in [6.07, 6.45) is -5.69.